The van der Waals surface area contributed by atoms with Crippen molar-refractivity contribution in [3.8, 4) is 0 Å². The molecule has 4 heteroatoms. The third kappa shape index (κ3) is 4.45. The fourth-order valence-electron chi connectivity index (χ4n) is 3.59. The molecule has 0 bridgehead atoms. The van der Waals surface area contributed by atoms with Crippen LogP contribution in [-0.2, 0) is 9.53 Å². The van der Waals surface area contributed by atoms with Crippen LogP contribution in [0.4, 0.5) is 0 Å². The topological polar surface area (TPSA) is 58.6 Å². The van der Waals surface area contributed by atoms with Crippen molar-refractivity contribution in [2.75, 3.05) is 13.2 Å². The lowest BCUT2D eigenvalue weighted by Gasteiger charge is -2.32. The molecule has 2 saturated carbocycles. The van der Waals surface area contributed by atoms with E-state index in [1.165, 1.54) is 6.42 Å². The van der Waals surface area contributed by atoms with E-state index < -0.39 is 0 Å². The van der Waals surface area contributed by atoms with E-state index in [-0.39, 0.29) is 18.0 Å². The normalized spacial score (nSPS) is 34.7. The smallest absolute Gasteiger partial charge is 0.308 e. The minimum atomic E-state index is -0.138. The van der Waals surface area contributed by atoms with Crippen LogP contribution in [0.25, 0.3) is 0 Å². The summed E-state index contributed by atoms with van der Waals surface area (Å²) < 4.78 is 5.13. The number of carbonyl (C=O) groups is 1. The SMILES string of the molecule is CCOC(=O)C1CCCC(NCC2CCCCC2O)C1. The molecule has 116 valence electrons. The van der Waals surface area contributed by atoms with Crippen molar-refractivity contribution < 1.29 is 14.6 Å². The Hall–Kier alpha value is -0.610. The highest BCUT2D eigenvalue weighted by Crippen LogP contribution is 2.27. The van der Waals surface area contributed by atoms with E-state index in [0.717, 1.165) is 51.5 Å². The van der Waals surface area contributed by atoms with Gasteiger partial charge in [-0.15, -0.1) is 0 Å². The molecule has 0 radical (unpaired) electrons. The fourth-order valence-corrected chi connectivity index (χ4v) is 3.59. The van der Waals surface area contributed by atoms with Gasteiger partial charge in [0.25, 0.3) is 0 Å². The molecular formula is C16H29NO3. The zero-order valence-electron chi connectivity index (χ0n) is 12.6. The van der Waals surface area contributed by atoms with E-state index >= 15 is 0 Å². The van der Waals surface area contributed by atoms with Crippen LogP contribution in [0.1, 0.15) is 58.3 Å². The van der Waals surface area contributed by atoms with Crippen LogP contribution in [0.2, 0.25) is 0 Å². The van der Waals surface area contributed by atoms with Gasteiger partial charge < -0.3 is 15.2 Å². The Bertz CT molecular complexity index is 308. The Balaban J connectivity index is 1.73. The second-order valence-electron chi connectivity index (χ2n) is 6.33. The number of ether oxygens (including phenoxy) is 1. The highest BCUT2D eigenvalue weighted by molar-refractivity contribution is 5.72. The highest BCUT2D eigenvalue weighted by atomic mass is 16.5. The Morgan fingerprint density at radius 3 is 2.75 bits per heavy atom. The first-order chi connectivity index (χ1) is 9.70. The third-order valence-electron chi connectivity index (χ3n) is 4.83. The largest absolute Gasteiger partial charge is 0.466 e. The van der Waals surface area contributed by atoms with Crippen molar-refractivity contribution in [1.29, 1.82) is 0 Å². The van der Waals surface area contributed by atoms with Crippen molar-refractivity contribution in [3.05, 3.63) is 0 Å². The second kappa shape index (κ2) is 7.99. The standard InChI is InChI=1S/C16H29NO3/c1-2-20-16(19)12-7-5-8-14(10-12)17-11-13-6-3-4-9-15(13)18/h12-15,17-18H,2-11H2,1H3. The number of rotatable bonds is 5. The molecule has 4 unspecified atom stereocenters. The van der Waals surface area contributed by atoms with Crippen molar-refractivity contribution in [3.63, 3.8) is 0 Å². The van der Waals surface area contributed by atoms with Crippen LogP contribution >= 0.6 is 0 Å². The molecule has 0 aromatic heterocycles. The lowest BCUT2D eigenvalue weighted by Crippen LogP contribution is -2.42. The zero-order chi connectivity index (χ0) is 14.4. The van der Waals surface area contributed by atoms with E-state index in [2.05, 4.69) is 5.32 Å². The molecule has 0 saturated heterocycles. The van der Waals surface area contributed by atoms with Crippen molar-refractivity contribution in [2.24, 2.45) is 11.8 Å². The summed E-state index contributed by atoms with van der Waals surface area (Å²) in [6, 6.07) is 0.410. The minimum Gasteiger partial charge on any atom is -0.466 e. The summed E-state index contributed by atoms with van der Waals surface area (Å²) in [5.74, 6) is 0.431. The van der Waals surface area contributed by atoms with E-state index in [1.54, 1.807) is 0 Å². The number of aliphatic hydroxyl groups excluding tert-OH is 1. The van der Waals surface area contributed by atoms with Gasteiger partial charge in [-0.2, -0.15) is 0 Å². The molecule has 2 aliphatic carbocycles. The Morgan fingerprint density at radius 1 is 1.20 bits per heavy atom. The van der Waals surface area contributed by atoms with Crippen LogP contribution < -0.4 is 5.32 Å². The van der Waals surface area contributed by atoms with Gasteiger partial charge >= 0.3 is 5.97 Å². The number of nitrogens with one attached hydrogen (secondary N) is 1. The van der Waals surface area contributed by atoms with Gasteiger partial charge in [0.15, 0.2) is 0 Å². The molecule has 0 aliphatic heterocycles. The first-order valence-electron chi connectivity index (χ1n) is 8.28. The van der Waals surface area contributed by atoms with Crippen molar-refractivity contribution in [1.82, 2.24) is 5.32 Å². The summed E-state index contributed by atoms with van der Waals surface area (Å²) in [6.45, 7) is 3.23. The van der Waals surface area contributed by atoms with Gasteiger partial charge in [0, 0.05) is 12.6 Å². The van der Waals surface area contributed by atoms with Gasteiger partial charge in [-0.1, -0.05) is 19.3 Å². The molecule has 0 aromatic rings. The molecule has 2 rings (SSSR count). The summed E-state index contributed by atoms with van der Waals surface area (Å²) in [7, 11) is 0. The van der Waals surface area contributed by atoms with Crippen molar-refractivity contribution >= 4 is 5.97 Å². The maximum absolute atomic E-state index is 11.8. The maximum Gasteiger partial charge on any atom is 0.308 e. The number of aliphatic hydroxyl groups is 1. The number of hydrogen-bond donors (Lipinski definition) is 2. The van der Waals surface area contributed by atoms with Gasteiger partial charge in [-0.25, -0.2) is 0 Å². The molecule has 0 heterocycles. The predicted octanol–water partition coefficient (Wildman–Crippen LogP) is 2.25. The number of hydrogen-bond acceptors (Lipinski definition) is 4. The summed E-state index contributed by atoms with van der Waals surface area (Å²) in [6.07, 6.45) is 8.41. The molecule has 0 aromatic carbocycles. The van der Waals surface area contributed by atoms with Crippen LogP contribution in [-0.4, -0.2) is 36.4 Å². The first kappa shape index (κ1) is 15.8. The van der Waals surface area contributed by atoms with Gasteiger partial charge in [0.1, 0.15) is 0 Å². The summed E-state index contributed by atoms with van der Waals surface area (Å²) in [5.41, 5.74) is 0. The monoisotopic (exact) mass is 283 g/mol. The lowest BCUT2D eigenvalue weighted by atomic mass is 9.84. The highest BCUT2D eigenvalue weighted by Gasteiger charge is 2.29. The third-order valence-corrected chi connectivity index (χ3v) is 4.83. The lowest BCUT2D eigenvalue weighted by molar-refractivity contribution is -0.149. The van der Waals surface area contributed by atoms with E-state index in [1.807, 2.05) is 6.92 Å². The Morgan fingerprint density at radius 2 is 2.00 bits per heavy atom. The van der Waals surface area contributed by atoms with Gasteiger partial charge in [0.2, 0.25) is 0 Å². The van der Waals surface area contributed by atoms with E-state index in [9.17, 15) is 9.90 Å². The molecular weight excluding hydrogens is 254 g/mol. The molecule has 0 amide bonds. The average molecular weight is 283 g/mol. The number of carbonyl (C=O) groups excluding carboxylic acids is 1. The quantitative estimate of drug-likeness (QED) is 0.760. The molecule has 20 heavy (non-hydrogen) atoms. The van der Waals surface area contributed by atoms with Crippen LogP contribution in [0, 0.1) is 11.8 Å². The summed E-state index contributed by atoms with van der Waals surface area (Å²) in [5, 5.41) is 13.6. The zero-order valence-corrected chi connectivity index (χ0v) is 12.6. The van der Waals surface area contributed by atoms with Crippen LogP contribution in [0.15, 0.2) is 0 Å². The summed E-state index contributed by atoms with van der Waals surface area (Å²) in [4.78, 5) is 11.8. The van der Waals surface area contributed by atoms with Crippen LogP contribution in [0.5, 0.6) is 0 Å². The second-order valence-corrected chi connectivity index (χ2v) is 6.33. The molecule has 4 nitrogen and oxygen atoms in total. The van der Waals surface area contributed by atoms with Gasteiger partial charge in [-0.3, -0.25) is 4.79 Å². The molecule has 0 spiro atoms. The predicted molar refractivity (Wildman–Crippen MR) is 78.3 cm³/mol. The van der Waals surface area contributed by atoms with Gasteiger partial charge in [0.05, 0.1) is 18.6 Å². The van der Waals surface area contributed by atoms with Crippen LogP contribution in [0.3, 0.4) is 0 Å². The molecule has 4 atom stereocenters. The van der Waals surface area contributed by atoms with Gasteiger partial charge in [-0.05, 0) is 44.9 Å². The molecule has 2 fully saturated rings. The van der Waals surface area contributed by atoms with Crippen molar-refractivity contribution in [2.45, 2.75) is 70.4 Å². The molecule has 2 N–H and O–H groups in total. The Kier molecular flexibility index (Phi) is 6.30. The van der Waals surface area contributed by atoms with E-state index in [4.69, 9.17) is 4.74 Å². The maximum atomic E-state index is 11.8. The first-order valence-corrected chi connectivity index (χ1v) is 8.28. The van der Waals surface area contributed by atoms with E-state index in [0.29, 0.717) is 18.6 Å². The summed E-state index contributed by atoms with van der Waals surface area (Å²) >= 11 is 0. The number of esters is 1. The fraction of sp³-hybridized carbons (Fsp3) is 0.938. The Labute approximate surface area is 122 Å². The molecule has 2 aliphatic rings. The minimum absolute atomic E-state index is 0.0308. The average Bonchev–Trinajstić information content (AvgIpc) is 2.47.